The van der Waals surface area contributed by atoms with Gasteiger partial charge in [-0.05, 0) is 46.6 Å². The van der Waals surface area contributed by atoms with Gasteiger partial charge in [-0.3, -0.25) is 9.69 Å². The van der Waals surface area contributed by atoms with E-state index in [4.69, 9.17) is 10.5 Å². The molecule has 0 spiro atoms. The molecule has 1 rings (SSSR count). The lowest BCUT2D eigenvalue weighted by Crippen LogP contribution is -2.60. The summed E-state index contributed by atoms with van der Waals surface area (Å²) in [7, 11) is 3.56. The van der Waals surface area contributed by atoms with Gasteiger partial charge in [0.15, 0.2) is 0 Å². The van der Waals surface area contributed by atoms with Crippen LogP contribution < -0.4 is 11.1 Å². The summed E-state index contributed by atoms with van der Waals surface area (Å²) in [4.78, 5) is 14.2. The first-order valence-electron chi connectivity index (χ1n) is 7.20. The maximum Gasteiger partial charge on any atom is 0.237 e. The Morgan fingerprint density at radius 2 is 2.26 bits per heavy atom. The number of nitrogens with one attached hydrogen (secondary N) is 1. The van der Waals surface area contributed by atoms with Crippen molar-refractivity contribution in [2.75, 3.05) is 27.3 Å². The Kier molecular flexibility index (Phi) is 6.23. The molecule has 0 bridgehead atoms. The monoisotopic (exact) mass is 271 g/mol. The third-order valence-electron chi connectivity index (χ3n) is 4.36. The summed E-state index contributed by atoms with van der Waals surface area (Å²) in [6.45, 7) is 6.00. The lowest BCUT2D eigenvalue weighted by Gasteiger charge is -2.44. The molecule has 0 saturated heterocycles. The van der Waals surface area contributed by atoms with Crippen molar-refractivity contribution < 1.29 is 9.53 Å². The van der Waals surface area contributed by atoms with Crippen molar-refractivity contribution in [1.82, 2.24) is 10.2 Å². The smallest absolute Gasteiger partial charge is 0.237 e. The maximum atomic E-state index is 11.8. The van der Waals surface area contributed by atoms with Crippen LogP contribution in [-0.2, 0) is 9.53 Å². The Bertz CT molecular complexity index is 296. The minimum absolute atomic E-state index is 0.227. The van der Waals surface area contributed by atoms with E-state index in [1.54, 1.807) is 7.11 Å². The van der Waals surface area contributed by atoms with Gasteiger partial charge in [0, 0.05) is 25.7 Å². The molecule has 1 amide bonds. The van der Waals surface area contributed by atoms with Crippen LogP contribution in [0.15, 0.2) is 0 Å². The van der Waals surface area contributed by atoms with Gasteiger partial charge < -0.3 is 15.8 Å². The van der Waals surface area contributed by atoms with Crippen LogP contribution in [0.1, 0.15) is 39.5 Å². The van der Waals surface area contributed by atoms with Crippen molar-refractivity contribution in [1.29, 1.82) is 0 Å². The van der Waals surface area contributed by atoms with E-state index in [9.17, 15) is 4.79 Å². The van der Waals surface area contributed by atoms with E-state index < -0.39 is 5.54 Å². The SMILES string of the molecule is CNC1(C(N)=O)CCCC(N(CCOC)C(C)C)C1. The van der Waals surface area contributed by atoms with E-state index in [0.717, 1.165) is 38.8 Å². The summed E-state index contributed by atoms with van der Waals surface area (Å²) in [6, 6.07) is 0.838. The van der Waals surface area contributed by atoms with Gasteiger partial charge in [0.25, 0.3) is 0 Å². The molecule has 0 aromatic rings. The van der Waals surface area contributed by atoms with Crippen LogP contribution in [0.5, 0.6) is 0 Å². The molecule has 1 aliphatic rings. The number of primary amides is 1. The number of carbonyl (C=O) groups excluding carboxylic acids is 1. The number of hydrogen-bond acceptors (Lipinski definition) is 4. The molecular formula is C14H29N3O2. The summed E-state index contributed by atoms with van der Waals surface area (Å²) in [5, 5.41) is 3.16. The summed E-state index contributed by atoms with van der Waals surface area (Å²) in [6.07, 6.45) is 3.79. The Balaban J connectivity index is 2.78. The van der Waals surface area contributed by atoms with Gasteiger partial charge in [0.2, 0.25) is 5.91 Å². The molecular weight excluding hydrogens is 242 g/mol. The molecule has 5 nitrogen and oxygen atoms in total. The van der Waals surface area contributed by atoms with Crippen molar-refractivity contribution in [2.24, 2.45) is 5.73 Å². The average molecular weight is 271 g/mol. The molecule has 0 aliphatic heterocycles. The highest BCUT2D eigenvalue weighted by atomic mass is 16.5. The van der Waals surface area contributed by atoms with Gasteiger partial charge in [-0.25, -0.2) is 0 Å². The van der Waals surface area contributed by atoms with Gasteiger partial charge in [0.05, 0.1) is 12.1 Å². The Morgan fingerprint density at radius 3 is 2.74 bits per heavy atom. The van der Waals surface area contributed by atoms with Crippen molar-refractivity contribution in [3.8, 4) is 0 Å². The molecule has 0 aromatic heterocycles. The maximum absolute atomic E-state index is 11.8. The number of ether oxygens (including phenoxy) is 1. The van der Waals surface area contributed by atoms with Crippen molar-refractivity contribution in [2.45, 2.75) is 57.2 Å². The largest absolute Gasteiger partial charge is 0.383 e. The molecule has 1 fully saturated rings. The van der Waals surface area contributed by atoms with Crippen molar-refractivity contribution in [3.05, 3.63) is 0 Å². The number of carbonyl (C=O) groups is 1. The van der Waals surface area contributed by atoms with Crippen molar-refractivity contribution in [3.63, 3.8) is 0 Å². The van der Waals surface area contributed by atoms with Crippen LogP contribution in [0, 0.1) is 0 Å². The second kappa shape index (κ2) is 7.22. The van der Waals surface area contributed by atoms with Crippen LogP contribution in [0.3, 0.4) is 0 Å². The van der Waals surface area contributed by atoms with Crippen LogP contribution >= 0.6 is 0 Å². The molecule has 0 aromatic carbocycles. The summed E-state index contributed by atoms with van der Waals surface area (Å²) >= 11 is 0. The minimum Gasteiger partial charge on any atom is -0.383 e. The standard InChI is InChI=1S/C14H29N3O2/c1-11(2)17(8-9-19-4)12-6-5-7-14(10-12,16-3)13(15)18/h11-12,16H,5-10H2,1-4H3,(H2,15,18). The van der Waals surface area contributed by atoms with E-state index in [0.29, 0.717) is 12.1 Å². The zero-order valence-corrected chi connectivity index (χ0v) is 12.7. The second-order valence-corrected chi connectivity index (χ2v) is 5.77. The van der Waals surface area contributed by atoms with E-state index >= 15 is 0 Å². The molecule has 2 atom stereocenters. The van der Waals surface area contributed by atoms with Gasteiger partial charge in [-0.15, -0.1) is 0 Å². The van der Waals surface area contributed by atoms with E-state index in [1.165, 1.54) is 0 Å². The minimum atomic E-state index is -0.539. The topological polar surface area (TPSA) is 67.6 Å². The number of rotatable bonds is 7. The molecule has 1 saturated carbocycles. The first-order valence-corrected chi connectivity index (χ1v) is 7.20. The van der Waals surface area contributed by atoms with E-state index in [2.05, 4.69) is 24.1 Å². The van der Waals surface area contributed by atoms with E-state index in [-0.39, 0.29) is 5.91 Å². The highest BCUT2D eigenvalue weighted by Gasteiger charge is 2.42. The predicted octanol–water partition coefficient (Wildman–Crippen LogP) is 0.729. The summed E-state index contributed by atoms with van der Waals surface area (Å²) < 4.78 is 5.19. The quantitative estimate of drug-likeness (QED) is 0.716. The third kappa shape index (κ3) is 3.91. The fourth-order valence-corrected chi connectivity index (χ4v) is 3.16. The number of nitrogens with two attached hydrogens (primary N) is 1. The third-order valence-corrected chi connectivity index (χ3v) is 4.36. The number of amides is 1. The van der Waals surface area contributed by atoms with Gasteiger partial charge in [-0.2, -0.15) is 0 Å². The summed E-state index contributed by atoms with van der Waals surface area (Å²) in [5.41, 5.74) is 5.07. The summed E-state index contributed by atoms with van der Waals surface area (Å²) in [5.74, 6) is -0.227. The fourth-order valence-electron chi connectivity index (χ4n) is 3.16. The molecule has 1 aliphatic carbocycles. The van der Waals surface area contributed by atoms with Gasteiger partial charge >= 0.3 is 0 Å². The highest BCUT2D eigenvalue weighted by Crippen LogP contribution is 2.31. The molecule has 0 radical (unpaired) electrons. The highest BCUT2D eigenvalue weighted by molar-refractivity contribution is 5.84. The second-order valence-electron chi connectivity index (χ2n) is 5.77. The molecule has 112 valence electrons. The van der Waals surface area contributed by atoms with E-state index in [1.807, 2.05) is 7.05 Å². The van der Waals surface area contributed by atoms with Crippen LogP contribution in [0.4, 0.5) is 0 Å². The zero-order chi connectivity index (χ0) is 14.5. The van der Waals surface area contributed by atoms with Gasteiger partial charge in [-0.1, -0.05) is 0 Å². The first kappa shape index (κ1) is 16.4. The zero-order valence-electron chi connectivity index (χ0n) is 12.7. The molecule has 5 heteroatoms. The number of hydrogen-bond donors (Lipinski definition) is 2. The van der Waals surface area contributed by atoms with Crippen LogP contribution in [-0.4, -0.2) is 55.7 Å². The lowest BCUT2D eigenvalue weighted by molar-refractivity contribution is -0.126. The average Bonchev–Trinajstić information content (AvgIpc) is 2.38. The van der Waals surface area contributed by atoms with Crippen LogP contribution in [0.2, 0.25) is 0 Å². The number of methoxy groups -OCH3 is 1. The number of nitrogens with zero attached hydrogens (tertiary/aromatic N) is 1. The molecule has 2 unspecified atom stereocenters. The number of likely N-dealkylation sites (N-methyl/N-ethyl adjacent to an activating group) is 1. The van der Waals surface area contributed by atoms with Crippen molar-refractivity contribution >= 4 is 5.91 Å². The Labute approximate surface area is 116 Å². The molecule has 19 heavy (non-hydrogen) atoms. The Morgan fingerprint density at radius 1 is 1.58 bits per heavy atom. The predicted molar refractivity (Wildman–Crippen MR) is 77.0 cm³/mol. The lowest BCUT2D eigenvalue weighted by atomic mass is 9.77. The molecule has 3 N–H and O–H groups in total. The molecule has 0 heterocycles. The normalized spacial score (nSPS) is 28.0. The van der Waals surface area contributed by atoms with Gasteiger partial charge in [0.1, 0.15) is 0 Å². The fraction of sp³-hybridized carbons (Fsp3) is 0.929. The Hall–Kier alpha value is -0.650. The van der Waals surface area contributed by atoms with Crippen LogP contribution in [0.25, 0.3) is 0 Å². The first-order chi connectivity index (χ1) is 8.96.